The Balaban J connectivity index is 1.78. The lowest BCUT2D eigenvalue weighted by Crippen LogP contribution is -2.69. The highest BCUT2D eigenvalue weighted by Crippen LogP contribution is 2.61. The van der Waals surface area contributed by atoms with Crippen molar-refractivity contribution < 1.29 is 23.3 Å². The third kappa shape index (κ3) is 2.57. The maximum Gasteiger partial charge on any atom is 0.188 e. The van der Waals surface area contributed by atoms with Crippen molar-refractivity contribution in [3.05, 3.63) is 25.7 Å². The van der Waals surface area contributed by atoms with Crippen molar-refractivity contribution in [2.75, 3.05) is 13.6 Å². The quantitative estimate of drug-likeness (QED) is 0.391. The maximum atomic E-state index is 15.4. The molecule has 4 bridgehead atoms. The van der Waals surface area contributed by atoms with Crippen LogP contribution in [0.2, 0.25) is 0 Å². The van der Waals surface area contributed by atoms with Crippen LogP contribution in [0.5, 0.6) is 0 Å². The van der Waals surface area contributed by atoms with Crippen LogP contribution in [0.1, 0.15) is 32.1 Å². The fraction of sp³-hybridized carbons (Fsp3) is 0.750. The van der Waals surface area contributed by atoms with Gasteiger partial charge in [0.1, 0.15) is 17.4 Å². The number of hydrogen-bond donors (Lipinski definition) is 0. The number of alkyl halides is 1. The largest absolute Gasteiger partial charge is 0.476 e. The summed E-state index contributed by atoms with van der Waals surface area (Å²) in [6.45, 7) is 7.06. The first-order valence-electron chi connectivity index (χ1n) is 7.51. The van der Waals surface area contributed by atoms with E-state index >= 15 is 4.39 Å². The van der Waals surface area contributed by atoms with Gasteiger partial charge in [0, 0.05) is 0 Å². The van der Waals surface area contributed by atoms with E-state index in [0.717, 1.165) is 19.3 Å². The van der Waals surface area contributed by atoms with Gasteiger partial charge in [-0.05, 0) is 43.9 Å². The molecule has 0 aromatic heterocycles. The van der Waals surface area contributed by atoms with Crippen LogP contribution in [-0.4, -0.2) is 31.0 Å². The second-order valence-corrected chi connectivity index (χ2v) is 6.48. The fourth-order valence-electron chi connectivity index (χ4n) is 4.80. The minimum Gasteiger partial charge on any atom is -0.476 e. The van der Waals surface area contributed by atoms with Gasteiger partial charge in [0.15, 0.2) is 13.6 Å². The molecule has 4 rings (SSSR count). The van der Waals surface area contributed by atoms with Crippen LogP contribution in [0.4, 0.5) is 4.39 Å². The third-order valence-corrected chi connectivity index (χ3v) is 5.09. The number of halogens is 1. The molecule has 0 aromatic rings. The Morgan fingerprint density at radius 3 is 2.24 bits per heavy atom. The van der Waals surface area contributed by atoms with Gasteiger partial charge in [-0.15, -0.1) is 0 Å². The molecule has 0 saturated heterocycles. The van der Waals surface area contributed by atoms with Crippen molar-refractivity contribution in [3.8, 4) is 0 Å². The van der Waals surface area contributed by atoms with E-state index < -0.39 is 17.4 Å². The molecule has 0 N–H and O–H groups in total. The SMILES string of the molecule is C=COCOC1C2(F)CC3CC(C2)CC1(OCOC=C)C3. The molecular weight excluding hydrogens is 275 g/mol. The first kappa shape index (κ1) is 14.9. The van der Waals surface area contributed by atoms with Crippen molar-refractivity contribution in [2.45, 2.75) is 49.5 Å². The Morgan fingerprint density at radius 1 is 1.00 bits per heavy atom. The molecule has 0 aromatic carbocycles. The number of rotatable bonds is 8. The molecule has 4 saturated carbocycles. The van der Waals surface area contributed by atoms with Gasteiger partial charge in [0.2, 0.25) is 0 Å². The topological polar surface area (TPSA) is 36.9 Å². The van der Waals surface area contributed by atoms with Crippen LogP contribution in [0.15, 0.2) is 25.7 Å². The lowest BCUT2D eigenvalue weighted by Gasteiger charge is -2.62. The summed E-state index contributed by atoms with van der Waals surface area (Å²) in [5.41, 5.74) is -1.92. The summed E-state index contributed by atoms with van der Waals surface area (Å²) in [5, 5.41) is 0. The number of ether oxygens (including phenoxy) is 4. The molecule has 0 amide bonds. The molecule has 0 aliphatic heterocycles. The van der Waals surface area contributed by atoms with E-state index in [1.165, 1.54) is 12.5 Å². The van der Waals surface area contributed by atoms with Crippen molar-refractivity contribution >= 4 is 0 Å². The molecule has 4 nitrogen and oxygen atoms in total. The van der Waals surface area contributed by atoms with Crippen LogP contribution in [-0.2, 0) is 18.9 Å². The summed E-state index contributed by atoms with van der Waals surface area (Å²) < 4.78 is 37.2. The van der Waals surface area contributed by atoms with E-state index in [9.17, 15) is 0 Å². The van der Waals surface area contributed by atoms with Crippen molar-refractivity contribution in [1.82, 2.24) is 0 Å². The molecule has 0 heterocycles. The first-order valence-corrected chi connectivity index (χ1v) is 7.51. The zero-order valence-corrected chi connectivity index (χ0v) is 12.3. The van der Waals surface area contributed by atoms with Gasteiger partial charge in [-0.1, -0.05) is 13.2 Å². The Bertz CT molecular complexity index is 397. The molecule has 3 unspecified atom stereocenters. The Labute approximate surface area is 124 Å². The van der Waals surface area contributed by atoms with Gasteiger partial charge in [-0.2, -0.15) is 0 Å². The van der Waals surface area contributed by atoms with E-state index in [-0.39, 0.29) is 13.6 Å². The molecule has 0 radical (unpaired) electrons. The van der Waals surface area contributed by atoms with Crippen molar-refractivity contribution in [2.24, 2.45) is 11.8 Å². The summed E-state index contributed by atoms with van der Waals surface area (Å²) in [6, 6.07) is 0. The van der Waals surface area contributed by atoms with E-state index in [2.05, 4.69) is 13.2 Å². The lowest BCUT2D eigenvalue weighted by atomic mass is 9.51. The van der Waals surface area contributed by atoms with E-state index in [4.69, 9.17) is 18.9 Å². The maximum absolute atomic E-state index is 15.4. The van der Waals surface area contributed by atoms with E-state index in [0.29, 0.717) is 24.7 Å². The molecule has 4 fully saturated rings. The Kier molecular flexibility index (Phi) is 3.97. The molecule has 4 aliphatic carbocycles. The van der Waals surface area contributed by atoms with Crippen LogP contribution in [0.3, 0.4) is 0 Å². The fourth-order valence-corrected chi connectivity index (χ4v) is 4.80. The molecule has 3 atom stereocenters. The van der Waals surface area contributed by atoms with Crippen molar-refractivity contribution in [1.29, 1.82) is 0 Å². The van der Waals surface area contributed by atoms with Gasteiger partial charge in [0.25, 0.3) is 0 Å². The standard InChI is InChI=1S/C16H23FO4/c1-3-18-10-20-14-15(17)6-12-5-13(7-15)9-16(14,8-12)21-11-19-4-2/h3-4,12-14H,1-2,5-11H2. The Morgan fingerprint density at radius 2 is 1.62 bits per heavy atom. The Hall–Kier alpha value is -1.07. The van der Waals surface area contributed by atoms with Crippen LogP contribution >= 0.6 is 0 Å². The highest BCUT2D eigenvalue weighted by atomic mass is 19.1. The van der Waals surface area contributed by atoms with Crippen LogP contribution in [0, 0.1) is 11.8 Å². The highest BCUT2D eigenvalue weighted by molar-refractivity contribution is 5.16. The lowest BCUT2D eigenvalue weighted by molar-refractivity contribution is -0.304. The second-order valence-electron chi connectivity index (χ2n) is 6.48. The zero-order chi connectivity index (χ0) is 14.9. The molecule has 0 spiro atoms. The highest BCUT2D eigenvalue weighted by Gasteiger charge is 2.66. The molecule has 21 heavy (non-hydrogen) atoms. The van der Waals surface area contributed by atoms with Crippen LogP contribution < -0.4 is 0 Å². The molecule has 4 aliphatic rings. The summed E-state index contributed by atoms with van der Waals surface area (Å²) in [5.74, 6) is 0.762. The van der Waals surface area contributed by atoms with Gasteiger partial charge in [0.05, 0.1) is 12.5 Å². The minimum absolute atomic E-state index is 0.00257. The molecule has 5 heteroatoms. The summed E-state index contributed by atoms with van der Waals surface area (Å²) in [6.07, 6.45) is 5.92. The average molecular weight is 298 g/mol. The van der Waals surface area contributed by atoms with Crippen molar-refractivity contribution in [3.63, 3.8) is 0 Å². The van der Waals surface area contributed by atoms with Gasteiger partial charge in [-0.3, -0.25) is 0 Å². The molecular formula is C16H23FO4. The van der Waals surface area contributed by atoms with Gasteiger partial charge < -0.3 is 18.9 Å². The second kappa shape index (κ2) is 5.61. The zero-order valence-electron chi connectivity index (χ0n) is 12.3. The minimum atomic E-state index is -1.32. The smallest absolute Gasteiger partial charge is 0.188 e. The monoisotopic (exact) mass is 298 g/mol. The summed E-state index contributed by atoms with van der Waals surface area (Å²) in [7, 11) is 0. The normalized spacial score (nSPS) is 43.6. The molecule has 118 valence electrons. The first-order chi connectivity index (χ1) is 10.1. The third-order valence-electron chi connectivity index (χ3n) is 5.09. The van der Waals surface area contributed by atoms with Gasteiger partial charge in [-0.25, -0.2) is 4.39 Å². The number of hydrogen-bond acceptors (Lipinski definition) is 4. The van der Waals surface area contributed by atoms with E-state index in [1.54, 1.807) is 0 Å². The predicted molar refractivity (Wildman–Crippen MR) is 74.9 cm³/mol. The van der Waals surface area contributed by atoms with E-state index in [1.807, 2.05) is 0 Å². The van der Waals surface area contributed by atoms with Gasteiger partial charge >= 0.3 is 0 Å². The predicted octanol–water partition coefficient (Wildman–Crippen LogP) is 3.29. The average Bonchev–Trinajstić information content (AvgIpc) is 2.41. The summed E-state index contributed by atoms with van der Waals surface area (Å²) >= 11 is 0. The summed E-state index contributed by atoms with van der Waals surface area (Å²) in [4.78, 5) is 0. The van der Waals surface area contributed by atoms with Crippen LogP contribution in [0.25, 0.3) is 0 Å².